The number of hydrogen-bond donors (Lipinski definition) is 0. The standard InChI is InChI=1S/C14H13NO3/c1-3-9-17-14(16)12-10(2)18-15-13(12)11-7-5-4-6-8-11/h3-8H,1,9H2,2H3. The maximum absolute atomic E-state index is 11.9. The fraction of sp³-hybridized carbons (Fsp3) is 0.143. The Morgan fingerprint density at radius 2 is 2.17 bits per heavy atom. The number of carbonyl (C=O) groups excluding carboxylic acids is 1. The van der Waals surface area contributed by atoms with Crippen LogP contribution in [0.1, 0.15) is 16.1 Å². The van der Waals surface area contributed by atoms with E-state index in [1.807, 2.05) is 30.3 Å². The van der Waals surface area contributed by atoms with E-state index >= 15 is 0 Å². The van der Waals surface area contributed by atoms with Gasteiger partial charge in [-0.3, -0.25) is 0 Å². The highest BCUT2D eigenvalue weighted by atomic mass is 16.5. The second kappa shape index (κ2) is 5.31. The van der Waals surface area contributed by atoms with Crippen LogP contribution in [-0.2, 0) is 4.74 Å². The summed E-state index contributed by atoms with van der Waals surface area (Å²) in [7, 11) is 0. The first kappa shape index (κ1) is 12.1. The van der Waals surface area contributed by atoms with Gasteiger partial charge in [-0.15, -0.1) is 0 Å². The van der Waals surface area contributed by atoms with Gasteiger partial charge in [-0.1, -0.05) is 48.1 Å². The van der Waals surface area contributed by atoms with E-state index in [2.05, 4.69) is 11.7 Å². The van der Waals surface area contributed by atoms with E-state index in [0.717, 1.165) is 5.56 Å². The Hall–Kier alpha value is -2.36. The summed E-state index contributed by atoms with van der Waals surface area (Å²) >= 11 is 0. The topological polar surface area (TPSA) is 52.3 Å². The van der Waals surface area contributed by atoms with Crippen LogP contribution >= 0.6 is 0 Å². The smallest absolute Gasteiger partial charge is 0.344 e. The lowest BCUT2D eigenvalue weighted by Crippen LogP contribution is -2.07. The lowest BCUT2D eigenvalue weighted by molar-refractivity contribution is 0.0548. The van der Waals surface area contributed by atoms with E-state index in [0.29, 0.717) is 17.0 Å². The van der Waals surface area contributed by atoms with Gasteiger partial charge in [0.1, 0.15) is 23.6 Å². The number of carbonyl (C=O) groups is 1. The molecule has 0 unspecified atom stereocenters. The van der Waals surface area contributed by atoms with Crippen LogP contribution in [0.2, 0.25) is 0 Å². The Morgan fingerprint density at radius 1 is 1.44 bits per heavy atom. The second-order valence-corrected chi connectivity index (χ2v) is 3.72. The minimum Gasteiger partial charge on any atom is -0.458 e. The predicted octanol–water partition coefficient (Wildman–Crippen LogP) is 2.99. The highest BCUT2D eigenvalue weighted by Crippen LogP contribution is 2.25. The maximum atomic E-state index is 11.9. The lowest BCUT2D eigenvalue weighted by Gasteiger charge is -2.02. The molecule has 0 aliphatic carbocycles. The van der Waals surface area contributed by atoms with Crippen molar-refractivity contribution < 1.29 is 14.1 Å². The van der Waals surface area contributed by atoms with E-state index in [4.69, 9.17) is 9.26 Å². The molecule has 0 bridgehead atoms. The van der Waals surface area contributed by atoms with Gasteiger partial charge in [0.15, 0.2) is 0 Å². The summed E-state index contributed by atoms with van der Waals surface area (Å²) in [6.45, 7) is 5.35. The van der Waals surface area contributed by atoms with Gasteiger partial charge in [-0.05, 0) is 6.92 Å². The summed E-state index contributed by atoms with van der Waals surface area (Å²) in [6.07, 6.45) is 1.52. The minimum absolute atomic E-state index is 0.164. The number of aryl methyl sites for hydroxylation is 1. The van der Waals surface area contributed by atoms with Crippen molar-refractivity contribution in [2.45, 2.75) is 6.92 Å². The van der Waals surface area contributed by atoms with Crippen molar-refractivity contribution in [3.63, 3.8) is 0 Å². The van der Waals surface area contributed by atoms with Gasteiger partial charge in [0.05, 0.1) is 0 Å². The molecule has 2 rings (SSSR count). The molecule has 0 fully saturated rings. The Balaban J connectivity index is 2.39. The zero-order chi connectivity index (χ0) is 13.0. The normalized spacial score (nSPS) is 10.1. The van der Waals surface area contributed by atoms with Crippen molar-refractivity contribution in [2.24, 2.45) is 0 Å². The number of ether oxygens (including phenoxy) is 1. The molecule has 1 aromatic heterocycles. The highest BCUT2D eigenvalue weighted by Gasteiger charge is 2.22. The molecule has 18 heavy (non-hydrogen) atoms. The highest BCUT2D eigenvalue weighted by molar-refractivity contribution is 5.97. The summed E-state index contributed by atoms with van der Waals surface area (Å²) in [5, 5.41) is 3.91. The molecule has 0 aliphatic heterocycles. The van der Waals surface area contributed by atoms with Gasteiger partial charge in [-0.2, -0.15) is 0 Å². The first-order valence-electron chi connectivity index (χ1n) is 5.53. The van der Waals surface area contributed by atoms with Crippen molar-refractivity contribution in [2.75, 3.05) is 6.61 Å². The summed E-state index contributed by atoms with van der Waals surface area (Å²) in [5.41, 5.74) is 1.69. The zero-order valence-corrected chi connectivity index (χ0v) is 10.1. The van der Waals surface area contributed by atoms with Crippen LogP contribution in [0.4, 0.5) is 0 Å². The number of nitrogens with zero attached hydrogens (tertiary/aromatic N) is 1. The van der Waals surface area contributed by atoms with Crippen molar-refractivity contribution in [3.05, 3.63) is 54.3 Å². The fourth-order valence-electron chi connectivity index (χ4n) is 1.61. The van der Waals surface area contributed by atoms with Crippen LogP contribution in [0.25, 0.3) is 11.3 Å². The van der Waals surface area contributed by atoms with E-state index in [1.54, 1.807) is 6.92 Å². The molecule has 92 valence electrons. The van der Waals surface area contributed by atoms with Gasteiger partial charge >= 0.3 is 5.97 Å². The van der Waals surface area contributed by atoms with Crippen molar-refractivity contribution in [1.82, 2.24) is 5.16 Å². The summed E-state index contributed by atoms with van der Waals surface area (Å²) in [5.74, 6) is -0.00424. The molecule has 1 heterocycles. The molecule has 0 amide bonds. The summed E-state index contributed by atoms with van der Waals surface area (Å²) in [4.78, 5) is 11.9. The second-order valence-electron chi connectivity index (χ2n) is 3.72. The van der Waals surface area contributed by atoms with Crippen LogP contribution in [0.3, 0.4) is 0 Å². The number of aromatic nitrogens is 1. The molecule has 0 N–H and O–H groups in total. The Morgan fingerprint density at radius 3 is 2.83 bits per heavy atom. The molecule has 0 atom stereocenters. The van der Waals surface area contributed by atoms with Crippen LogP contribution in [0, 0.1) is 6.92 Å². The third kappa shape index (κ3) is 2.32. The Bertz CT molecular complexity index is 558. The van der Waals surface area contributed by atoms with Gasteiger partial charge < -0.3 is 9.26 Å². The maximum Gasteiger partial charge on any atom is 0.344 e. The molecular weight excluding hydrogens is 230 g/mol. The lowest BCUT2D eigenvalue weighted by atomic mass is 10.1. The molecule has 0 saturated heterocycles. The van der Waals surface area contributed by atoms with E-state index in [9.17, 15) is 4.79 Å². The van der Waals surface area contributed by atoms with Crippen LogP contribution < -0.4 is 0 Å². The van der Waals surface area contributed by atoms with Gasteiger partial charge in [0.2, 0.25) is 0 Å². The van der Waals surface area contributed by atoms with Gasteiger partial charge in [0.25, 0.3) is 0 Å². The number of esters is 1. The SMILES string of the molecule is C=CCOC(=O)c1c(-c2ccccc2)noc1C. The predicted molar refractivity (Wildman–Crippen MR) is 67.2 cm³/mol. The van der Waals surface area contributed by atoms with E-state index in [1.165, 1.54) is 6.08 Å². The largest absolute Gasteiger partial charge is 0.458 e. The molecule has 0 radical (unpaired) electrons. The number of benzene rings is 1. The van der Waals surface area contributed by atoms with E-state index in [-0.39, 0.29) is 6.61 Å². The molecule has 0 aliphatic rings. The molecule has 0 saturated carbocycles. The third-order valence-electron chi connectivity index (χ3n) is 2.45. The Kier molecular flexibility index (Phi) is 3.57. The monoisotopic (exact) mass is 243 g/mol. The van der Waals surface area contributed by atoms with Crippen LogP contribution in [0.5, 0.6) is 0 Å². The molecule has 4 heteroatoms. The minimum atomic E-state index is -0.451. The molecule has 1 aromatic carbocycles. The summed E-state index contributed by atoms with van der Waals surface area (Å²) < 4.78 is 10.1. The first-order valence-corrected chi connectivity index (χ1v) is 5.53. The Labute approximate surface area is 105 Å². The quantitative estimate of drug-likeness (QED) is 0.612. The van der Waals surface area contributed by atoms with Crippen LogP contribution in [0.15, 0.2) is 47.5 Å². The number of rotatable bonds is 4. The first-order chi connectivity index (χ1) is 8.74. The molecule has 2 aromatic rings. The van der Waals surface area contributed by atoms with Gasteiger partial charge in [0, 0.05) is 5.56 Å². The van der Waals surface area contributed by atoms with Crippen molar-refractivity contribution in [3.8, 4) is 11.3 Å². The zero-order valence-electron chi connectivity index (χ0n) is 10.1. The summed E-state index contributed by atoms with van der Waals surface area (Å²) in [6, 6.07) is 9.37. The molecular formula is C14H13NO3. The molecule has 4 nitrogen and oxygen atoms in total. The average Bonchev–Trinajstić information content (AvgIpc) is 2.79. The van der Waals surface area contributed by atoms with Gasteiger partial charge in [-0.25, -0.2) is 4.79 Å². The fourth-order valence-corrected chi connectivity index (χ4v) is 1.61. The average molecular weight is 243 g/mol. The van der Waals surface area contributed by atoms with Crippen molar-refractivity contribution >= 4 is 5.97 Å². The van der Waals surface area contributed by atoms with E-state index < -0.39 is 5.97 Å². The molecule has 0 spiro atoms. The number of hydrogen-bond acceptors (Lipinski definition) is 4. The third-order valence-corrected chi connectivity index (χ3v) is 2.45. The van der Waals surface area contributed by atoms with Crippen LogP contribution in [-0.4, -0.2) is 17.7 Å². The van der Waals surface area contributed by atoms with Crippen molar-refractivity contribution in [1.29, 1.82) is 0 Å².